The van der Waals surface area contributed by atoms with Crippen LogP contribution >= 0.6 is 0 Å². The van der Waals surface area contributed by atoms with Gasteiger partial charge in [0.25, 0.3) is 0 Å². The number of hydrogen-bond donors (Lipinski definition) is 0. The Balaban J connectivity index is 1.63. The van der Waals surface area contributed by atoms with Crippen LogP contribution in [0, 0.1) is 0 Å². The van der Waals surface area contributed by atoms with Crippen LogP contribution in [0.4, 0.5) is 4.79 Å². The lowest BCUT2D eigenvalue weighted by atomic mass is 9.65. The Bertz CT molecular complexity index is 879. The number of hydrogen-bond acceptors (Lipinski definition) is 4. The summed E-state index contributed by atoms with van der Waals surface area (Å²) in [5.41, 5.74) is 0.957. The maximum atomic E-state index is 12.7. The summed E-state index contributed by atoms with van der Waals surface area (Å²) in [6.07, 6.45) is 7.54. The molecule has 5 nitrogen and oxygen atoms in total. The van der Waals surface area contributed by atoms with E-state index in [2.05, 4.69) is 12.1 Å². The third-order valence-corrected chi connectivity index (χ3v) is 5.81. The van der Waals surface area contributed by atoms with Crippen LogP contribution in [-0.4, -0.2) is 31.3 Å². The lowest BCUT2D eigenvalue weighted by Crippen LogP contribution is -2.48. The second-order valence-corrected chi connectivity index (χ2v) is 7.38. The van der Waals surface area contributed by atoms with Crippen molar-refractivity contribution < 1.29 is 19.0 Å². The number of carbonyl (C=O) groups is 1. The summed E-state index contributed by atoms with van der Waals surface area (Å²) in [7, 11) is 3.36. The van der Waals surface area contributed by atoms with E-state index < -0.39 is 0 Å². The first-order valence-corrected chi connectivity index (χ1v) is 9.62. The molecule has 1 saturated carbocycles. The summed E-state index contributed by atoms with van der Waals surface area (Å²) in [5.74, 6) is 2.22. The Kier molecular flexibility index (Phi) is 4.99. The Hall–Kier alpha value is -2.95. The van der Waals surface area contributed by atoms with Crippen LogP contribution in [0.25, 0.3) is 0 Å². The number of carbonyl (C=O) groups excluding carboxylic acids is 1. The van der Waals surface area contributed by atoms with Gasteiger partial charge in [0.05, 0.1) is 14.2 Å². The summed E-state index contributed by atoms with van der Waals surface area (Å²) in [5, 5.41) is 0. The molecule has 2 unspecified atom stereocenters. The molecule has 5 heteroatoms. The highest BCUT2D eigenvalue weighted by Gasteiger charge is 2.44. The second-order valence-electron chi connectivity index (χ2n) is 7.38. The van der Waals surface area contributed by atoms with Gasteiger partial charge in [0.1, 0.15) is 17.2 Å². The predicted molar refractivity (Wildman–Crippen MR) is 107 cm³/mol. The van der Waals surface area contributed by atoms with Gasteiger partial charge in [0.2, 0.25) is 0 Å². The van der Waals surface area contributed by atoms with Gasteiger partial charge < -0.3 is 14.2 Å². The van der Waals surface area contributed by atoms with Crippen LogP contribution in [0.2, 0.25) is 0 Å². The van der Waals surface area contributed by atoms with Gasteiger partial charge >= 0.3 is 6.09 Å². The molecular weight excluding hydrogens is 354 g/mol. The minimum atomic E-state index is -0.333. The number of ether oxygens (including phenoxy) is 3. The van der Waals surface area contributed by atoms with Crippen molar-refractivity contribution in [2.24, 2.45) is 0 Å². The summed E-state index contributed by atoms with van der Waals surface area (Å²) in [6.45, 7) is 0. The fraction of sp³-hybridized carbons (Fsp3) is 0.348. The number of methoxy groups -OCH3 is 2. The third-order valence-electron chi connectivity index (χ3n) is 5.81. The fourth-order valence-corrected chi connectivity index (χ4v) is 4.40. The van der Waals surface area contributed by atoms with Gasteiger partial charge in [-0.25, -0.2) is 4.79 Å². The minimum Gasteiger partial charge on any atom is -0.497 e. The number of para-hydroxylation sites is 1. The number of fused-ring (bicyclic) bond motifs is 2. The largest absolute Gasteiger partial charge is 0.497 e. The summed E-state index contributed by atoms with van der Waals surface area (Å²) in [6, 6.07) is 15.2. The molecule has 2 aromatic carbocycles. The number of nitrogens with zero attached hydrogens (tertiary/aromatic N) is 1. The topological polar surface area (TPSA) is 48.0 Å². The lowest BCUT2D eigenvalue weighted by Gasteiger charge is -2.46. The van der Waals surface area contributed by atoms with E-state index in [4.69, 9.17) is 14.2 Å². The molecule has 1 aliphatic heterocycles. The highest BCUT2D eigenvalue weighted by Crippen LogP contribution is 2.48. The second kappa shape index (κ2) is 7.58. The number of rotatable bonds is 4. The van der Waals surface area contributed by atoms with E-state index >= 15 is 0 Å². The maximum absolute atomic E-state index is 12.7. The number of allylic oxidation sites excluding steroid dienone is 1. The normalized spacial score (nSPS) is 23.2. The van der Waals surface area contributed by atoms with Gasteiger partial charge in [-0.3, -0.25) is 4.90 Å². The van der Waals surface area contributed by atoms with Crippen LogP contribution in [0.5, 0.6) is 17.2 Å². The van der Waals surface area contributed by atoms with Crippen molar-refractivity contribution in [3.63, 3.8) is 0 Å². The molecule has 2 aromatic rings. The summed E-state index contributed by atoms with van der Waals surface area (Å²) < 4.78 is 16.6. The highest BCUT2D eigenvalue weighted by atomic mass is 16.6. The first kappa shape index (κ1) is 18.4. The zero-order chi connectivity index (χ0) is 19.6. The van der Waals surface area contributed by atoms with E-state index in [1.54, 1.807) is 31.3 Å². The Morgan fingerprint density at radius 1 is 1.07 bits per heavy atom. The molecule has 0 saturated heterocycles. The zero-order valence-corrected chi connectivity index (χ0v) is 16.3. The fourth-order valence-electron chi connectivity index (χ4n) is 4.40. The van der Waals surface area contributed by atoms with E-state index in [0.717, 1.165) is 42.7 Å². The molecule has 1 amide bonds. The van der Waals surface area contributed by atoms with Crippen molar-refractivity contribution >= 4 is 6.09 Å². The average Bonchev–Trinajstić information content (AvgIpc) is 2.74. The van der Waals surface area contributed by atoms with Crippen LogP contribution in [0.15, 0.2) is 60.8 Å². The van der Waals surface area contributed by atoms with Gasteiger partial charge in [-0.2, -0.15) is 0 Å². The average molecular weight is 379 g/mol. The van der Waals surface area contributed by atoms with E-state index in [1.807, 2.05) is 36.5 Å². The monoisotopic (exact) mass is 379 g/mol. The molecule has 2 atom stereocenters. The van der Waals surface area contributed by atoms with E-state index in [-0.39, 0.29) is 17.6 Å². The lowest BCUT2D eigenvalue weighted by molar-refractivity contribution is 0.121. The van der Waals surface area contributed by atoms with Gasteiger partial charge in [0.15, 0.2) is 0 Å². The Labute approximate surface area is 165 Å². The molecule has 2 aliphatic rings. The quantitative estimate of drug-likeness (QED) is 0.757. The van der Waals surface area contributed by atoms with Crippen LogP contribution < -0.4 is 14.2 Å². The molecule has 1 fully saturated rings. The molecule has 1 heterocycles. The van der Waals surface area contributed by atoms with E-state index in [0.29, 0.717) is 5.75 Å². The van der Waals surface area contributed by atoms with Crippen LogP contribution in [0.1, 0.15) is 31.2 Å². The molecule has 4 rings (SSSR count). The smallest absolute Gasteiger partial charge is 0.419 e. The third kappa shape index (κ3) is 3.33. The van der Waals surface area contributed by atoms with E-state index in [9.17, 15) is 4.79 Å². The zero-order valence-electron chi connectivity index (χ0n) is 16.3. The summed E-state index contributed by atoms with van der Waals surface area (Å²) >= 11 is 0. The summed E-state index contributed by atoms with van der Waals surface area (Å²) in [4.78, 5) is 14.5. The van der Waals surface area contributed by atoms with Gasteiger partial charge in [0, 0.05) is 23.2 Å². The molecule has 1 aliphatic carbocycles. The Morgan fingerprint density at radius 2 is 1.89 bits per heavy atom. The number of benzene rings is 2. The van der Waals surface area contributed by atoms with E-state index in [1.165, 1.54) is 0 Å². The molecule has 28 heavy (non-hydrogen) atoms. The maximum Gasteiger partial charge on any atom is 0.419 e. The van der Waals surface area contributed by atoms with Crippen molar-refractivity contribution in [3.8, 4) is 17.2 Å². The SMILES string of the molecule is COc1ccc(OC)c(C23C=CN(C(=O)Oc4ccccc4)C(CCC2)C3)c1. The molecular formula is C23H25NO4. The van der Waals surface area contributed by atoms with Crippen molar-refractivity contribution in [1.82, 2.24) is 4.90 Å². The molecule has 0 spiro atoms. The Morgan fingerprint density at radius 3 is 2.64 bits per heavy atom. The predicted octanol–water partition coefficient (Wildman–Crippen LogP) is 4.91. The van der Waals surface area contributed by atoms with Crippen LogP contribution in [-0.2, 0) is 5.41 Å². The molecule has 0 radical (unpaired) electrons. The van der Waals surface area contributed by atoms with Crippen LogP contribution in [0.3, 0.4) is 0 Å². The molecule has 0 aromatic heterocycles. The van der Waals surface area contributed by atoms with Crippen molar-refractivity contribution in [2.45, 2.75) is 37.1 Å². The van der Waals surface area contributed by atoms with Crippen molar-refractivity contribution in [1.29, 1.82) is 0 Å². The standard InChI is InChI=1S/C23H25NO4/c1-26-19-10-11-21(27-2)20(15-19)23-12-6-7-17(16-23)24(14-13-23)22(25)28-18-8-4-3-5-9-18/h3-5,8-11,13-15,17H,6-7,12,16H2,1-2H3. The van der Waals surface area contributed by atoms with Gasteiger partial charge in [-0.15, -0.1) is 0 Å². The first-order valence-electron chi connectivity index (χ1n) is 9.62. The van der Waals surface area contributed by atoms with Gasteiger partial charge in [-0.1, -0.05) is 30.7 Å². The highest BCUT2D eigenvalue weighted by molar-refractivity contribution is 5.73. The van der Waals surface area contributed by atoms with Crippen molar-refractivity contribution in [3.05, 3.63) is 66.4 Å². The minimum absolute atomic E-state index is 0.103. The molecule has 146 valence electrons. The van der Waals surface area contributed by atoms with Crippen molar-refractivity contribution in [2.75, 3.05) is 14.2 Å². The number of amides is 1. The molecule has 2 bridgehead atoms. The first-order chi connectivity index (χ1) is 13.6. The molecule has 0 N–H and O–H groups in total. The van der Waals surface area contributed by atoms with Gasteiger partial charge in [-0.05, 0) is 49.6 Å².